The van der Waals surface area contributed by atoms with E-state index in [0.29, 0.717) is 11.4 Å². The number of nitrogens with two attached hydrogens (primary N) is 1. The number of nitrogen functional groups attached to an aromatic ring is 1. The Morgan fingerprint density at radius 3 is 2.57 bits per heavy atom. The fraction of sp³-hybridized carbons (Fsp3) is 0.167. The predicted molar refractivity (Wildman–Crippen MR) is 99.6 cm³/mol. The van der Waals surface area contributed by atoms with E-state index in [1.165, 1.54) is 7.11 Å². The van der Waals surface area contributed by atoms with Crippen LogP contribution in [0.2, 0.25) is 0 Å². The van der Waals surface area contributed by atoms with Gasteiger partial charge in [-0.1, -0.05) is 0 Å². The molecule has 3 N–H and O–H groups in total. The number of carbonyl (C=O) groups is 1. The highest BCUT2D eigenvalue weighted by Gasteiger charge is 2.23. The molecule has 0 amide bonds. The molecule has 0 unspecified atom stereocenters. The molecule has 0 aliphatic rings. The van der Waals surface area contributed by atoms with Crippen LogP contribution in [0.5, 0.6) is 5.75 Å². The van der Waals surface area contributed by atoms with Gasteiger partial charge in [0.25, 0.3) is 11.1 Å². The van der Waals surface area contributed by atoms with E-state index in [1.54, 1.807) is 37.3 Å². The normalized spacial score (nSPS) is 10.5. The summed E-state index contributed by atoms with van der Waals surface area (Å²) in [6, 6.07) is 7.99. The van der Waals surface area contributed by atoms with Crippen LogP contribution in [0.1, 0.15) is 23.0 Å². The number of nitrogens with one attached hydrogen (secondary N) is 1. The summed E-state index contributed by atoms with van der Waals surface area (Å²) >= 11 is 0. The van der Waals surface area contributed by atoms with Crippen LogP contribution in [0, 0.1) is 11.3 Å². The van der Waals surface area contributed by atoms with Gasteiger partial charge in [-0.3, -0.25) is 9.59 Å². The molecular formula is C18H15N5O5. The molecular weight excluding hydrogens is 366 g/mol. The van der Waals surface area contributed by atoms with Gasteiger partial charge in [-0.15, -0.1) is 0 Å². The highest BCUT2D eigenvalue weighted by molar-refractivity contribution is 6.04. The Balaban J connectivity index is 2.44. The summed E-state index contributed by atoms with van der Waals surface area (Å²) in [7, 11) is 1.49. The zero-order chi connectivity index (χ0) is 20.4. The average Bonchev–Trinajstić information content (AvgIpc) is 2.68. The first-order valence-electron chi connectivity index (χ1n) is 8.13. The standard InChI is InChI=1S/C18H15N5O5/c1-3-28-18(26)15-14-12(13(20)11(8-19)16(24)21-14)17(25)23(22-15)9-4-6-10(27-2)7-5-9/h4-7H,3H2,1-2H3,(H3,20,21,24). The zero-order valence-corrected chi connectivity index (χ0v) is 15.0. The van der Waals surface area contributed by atoms with E-state index in [9.17, 15) is 19.6 Å². The third-order valence-electron chi connectivity index (χ3n) is 3.99. The lowest BCUT2D eigenvalue weighted by molar-refractivity contribution is 0.0519. The van der Waals surface area contributed by atoms with Crippen LogP contribution in [0.25, 0.3) is 16.6 Å². The summed E-state index contributed by atoms with van der Waals surface area (Å²) in [6.45, 7) is 1.66. The van der Waals surface area contributed by atoms with Gasteiger partial charge in [0.05, 0.1) is 36.0 Å². The monoisotopic (exact) mass is 381 g/mol. The van der Waals surface area contributed by atoms with Crippen molar-refractivity contribution in [2.24, 2.45) is 0 Å². The van der Waals surface area contributed by atoms with E-state index in [1.807, 2.05) is 0 Å². The van der Waals surface area contributed by atoms with Gasteiger partial charge in [-0.05, 0) is 31.2 Å². The summed E-state index contributed by atoms with van der Waals surface area (Å²) in [4.78, 5) is 39.8. The minimum Gasteiger partial charge on any atom is -0.497 e. The second-order valence-corrected chi connectivity index (χ2v) is 5.59. The lowest BCUT2D eigenvalue weighted by Crippen LogP contribution is -2.29. The summed E-state index contributed by atoms with van der Waals surface area (Å²) in [5, 5.41) is 13.0. The highest BCUT2D eigenvalue weighted by atomic mass is 16.5. The van der Waals surface area contributed by atoms with Crippen molar-refractivity contribution in [3.8, 4) is 17.5 Å². The number of carbonyl (C=O) groups excluding carboxylic acids is 1. The number of benzene rings is 1. The molecule has 0 saturated carbocycles. The molecule has 3 aromatic rings. The van der Waals surface area contributed by atoms with Crippen LogP contribution in [-0.4, -0.2) is 34.5 Å². The van der Waals surface area contributed by atoms with Gasteiger partial charge in [-0.25, -0.2) is 4.79 Å². The minimum absolute atomic E-state index is 0.0552. The highest BCUT2D eigenvalue weighted by Crippen LogP contribution is 2.21. The molecule has 10 heteroatoms. The van der Waals surface area contributed by atoms with Crippen molar-refractivity contribution in [2.75, 3.05) is 19.5 Å². The van der Waals surface area contributed by atoms with Gasteiger partial charge >= 0.3 is 5.97 Å². The molecule has 10 nitrogen and oxygen atoms in total. The van der Waals surface area contributed by atoms with Gasteiger partial charge in [-0.2, -0.15) is 15.0 Å². The quantitative estimate of drug-likeness (QED) is 0.627. The first-order valence-corrected chi connectivity index (χ1v) is 8.13. The molecule has 2 aromatic heterocycles. The van der Waals surface area contributed by atoms with E-state index >= 15 is 0 Å². The molecule has 142 valence electrons. The number of hydrogen-bond acceptors (Lipinski definition) is 8. The molecule has 0 spiro atoms. The Kier molecular flexibility index (Phi) is 4.82. The van der Waals surface area contributed by atoms with E-state index in [2.05, 4.69) is 10.1 Å². The van der Waals surface area contributed by atoms with Gasteiger partial charge in [0, 0.05) is 0 Å². The maximum absolute atomic E-state index is 13.0. The number of anilines is 1. The van der Waals surface area contributed by atoms with Crippen molar-refractivity contribution in [2.45, 2.75) is 6.92 Å². The summed E-state index contributed by atoms with van der Waals surface area (Å²) in [6.07, 6.45) is 0. The molecule has 0 saturated heterocycles. The molecule has 0 bridgehead atoms. The van der Waals surface area contributed by atoms with E-state index < -0.39 is 22.7 Å². The third kappa shape index (κ3) is 2.95. The Labute approximate surface area is 157 Å². The number of fused-ring (bicyclic) bond motifs is 1. The SMILES string of the molecule is CCOC(=O)c1nn(-c2ccc(OC)cc2)c(=O)c2c(N)c(C#N)c(=O)[nH]c12. The number of esters is 1. The molecule has 2 heterocycles. The van der Waals surface area contributed by atoms with Gasteiger partial charge in [0.2, 0.25) is 0 Å². The number of ether oxygens (including phenoxy) is 2. The van der Waals surface area contributed by atoms with Crippen molar-refractivity contribution in [1.82, 2.24) is 14.8 Å². The zero-order valence-electron chi connectivity index (χ0n) is 15.0. The fourth-order valence-corrected chi connectivity index (χ4v) is 2.67. The lowest BCUT2D eigenvalue weighted by Gasteiger charge is -2.12. The number of nitrogens with zero attached hydrogens (tertiary/aromatic N) is 3. The lowest BCUT2D eigenvalue weighted by atomic mass is 10.1. The molecule has 0 aliphatic heterocycles. The summed E-state index contributed by atoms with van der Waals surface area (Å²) < 4.78 is 11.0. The number of H-pyrrole nitrogens is 1. The minimum atomic E-state index is -0.852. The van der Waals surface area contributed by atoms with Gasteiger partial charge in [0.15, 0.2) is 5.69 Å². The Bertz CT molecular complexity index is 1230. The second-order valence-electron chi connectivity index (χ2n) is 5.59. The van der Waals surface area contributed by atoms with Crippen LogP contribution < -0.4 is 21.6 Å². The fourth-order valence-electron chi connectivity index (χ4n) is 2.67. The molecule has 1 aromatic carbocycles. The number of pyridine rings is 1. The largest absolute Gasteiger partial charge is 0.497 e. The first kappa shape index (κ1) is 18.7. The van der Waals surface area contributed by atoms with Crippen molar-refractivity contribution in [3.05, 3.63) is 56.2 Å². The average molecular weight is 381 g/mol. The van der Waals surface area contributed by atoms with Gasteiger partial charge < -0.3 is 20.2 Å². The molecule has 3 rings (SSSR count). The third-order valence-corrected chi connectivity index (χ3v) is 3.99. The second kappa shape index (κ2) is 7.24. The van der Waals surface area contributed by atoms with E-state index in [0.717, 1.165) is 4.68 Å². The number of rotatable bonds is 4. The van der Waals surface area contributed by atoms with Crippen molar-refractivity contribution < 1.29 is 14.3 Å². The summed E-state index contributed by atoms with van der Waals surface area (Å²) in [5.74, 6) is -0.298. The number of methoxy groups -OCH3 is 1. The first-order chi connectivity index (χ1) is 13.4. The Morgan fingerprint density at radius 2 is 2.00 bits per heavy atom. The molecule has 0 fully saturated rings. The molecule has 28 heavy (non-hydrogen) atoms. The van der Waals surface area contributed by atoms with Crippen LogP contribution in [0.15, 0.2) is 33.9 Å². The number of aromatic amines is 1. The van der Waals surface area contributed by atoms with Crippen LogP contribution >= 0.6 is 0 Å². The maximum Gasteiger partial charge on any atom is 0.361 e. The number of aromatic nitrogens is 3. The maximum atomic E-state index is 13.0. The van der Waals surface area contributed by atoms with E-state index in [4.69, 9.17) is 15.2 Å². The molecule has 0 radical (unpaired) electrons. The Morgan fingerprint density at radius 1 is 1.32 bits per heavy atom. The van der Waals surface area contributed by atoms with Crippen molar-refractivity contribution >= 4 is 22.6 Å². The van der Waals surface area contributed by atoms with Crippen LogP contribution in [-0.2, 0) is 4.74 Å². The Hall–Kier alpha value is -4.13. The summed E-state index contributed by atoms with van der Waals surface area (Å²) in [5.41, 5.74) is 3.44. The predicted octanol–water partition coefficient (Wildman–Crippen LogP) is 0.713. The van der Waals surface area contributed by atoms with Crippen LogP contribution in [0.4, 0.5) is 5.69 Å². The van der Waals surface area contributed by atoms with Crippen molar-refractivity contribution in [3.63, 3.8) is 0 Å². The molecule has 0 atom stereocenters. The number of hydrogen-bond donors (Lipinski definition) is 2. The molecule has 0 aliphatic carbocycles. The smallest absolute Gasteiger partial charge is 0.361 e. The van der Waals surface area contributed by atoms with E-state index in [-0.39, 0.29) is 28.9 Å². The van der Waals surface area contributed by atoms with Crippen LogP contribution in [0.3, 0.4) is 0 Å². The topological polar surface area (TPSA) is 153 Å². The van der Waals surface area contributed by atoms with Gasteiger partial charge in [0.1, 0.15) is 17.4 Å². The number of nitriles is 1. The van der Waals surface area contributed by atoms with Crippen molar-refractivity contribution in [1.29, 1.82) is 5.26 Å².